The molecule has 0 aliphatic carbocycles. The first-order chi connectivity index (χ1) is 16.4. The predicted molar refractivity (Wildman–Crippen MR) is 138 cm³/mol. The molecule has 5 rings (SSSR count). The molecule has 0 bridgehead atoms. The zero-order chi connectivity index (χ0) is 23.8. The molecule has 0 aliphatic rings. The Morgan fingerprint density at radius 2 is 1.41 bits per heavy atom. The number of hydrogen-bond acceptors (Lipinski definition) is 3. The maximum absolute atomic E-state index is 13.2. The Labute approximate surface area is 207 Å². The summed E-state index contributed by atoms with van der Waals surface area (Å²) in [5.41, 5.74) is 5.92. The van der Waals surface area contributed by atoms with Crippen LogP contribution in [0.1, 0.15) is 30.9 Å². The van der Waals surface area contributed by atoms with Gasteiger partial charge in [-0.15, -0.1) is 5.10 Å². The number of fused-ring (bicyclic) bond motifs is 1. The van der Waals surface area contributed by atoms with E-state index < -0.39 is 0 Å². The van der Waals surface area contributed by atoms with E-state index in [0.29, 0.717) is 28.2 Å². The van der Waals surface area contributed by atoms with Crippen LogP contribution in [0, 0.1) is 0 Å². The number of aromatic nitrogens is 4. The lowest BCUT2D eigenvalue weighted by atomic mass is 9.97. The molecule has 34 heavy (non-hydrogen) atoms. The molecule has 0 unspecified atom stereocenters. The summed E-state index contributed by atoms with van der Waals surface area (Å²) in [6, 6.07) is 23.3. The number of rotatable bonds is 5. The molecule has 5 nitrogen and oxygen atoms in total. The van der Waals surface area contributed by atoms with Crippen molar-refractivity contribution in [2.45, 2.75) is 26.3 Å². The molecule has 0 saturated carbocycles. The van der Waals surface area contributed by atoms with Crippen molar-refractivity contribution >= 4 is 28.8 Å². The summed E-state index contributed by atoms with van der Waals surface area (Å²) < 4.78 is 2.81. The lowest BCUT2D eigenvalue weighted by Gasteiger charge is -2.11. The summed E-state index contributed by atoms with van der Waals surface area (Å²) in [7, 11) is 0. The Morgan fingerprint density at radius 1 is 0.824 bits per heavy atom. The zero-order valence-electron chi connectivity index (χ0n) is 18.7. The van der Waals surface area contributed by atoms with Crippen molar-refractivity contribution in [2.75, 3.05) is 0 Å². The van der Waals surface area contributed by atoms with Gasteiger partial charge in [-0.05, 0) is 52.4 Å². The van der Waals surface area contributed by atoms with Crippen LogP contribution < -0.4 is 5.69 Å². The fraction of sp³-hybridized carbons (Fsp3) is 0.148. The minimum atomic E-state index is -0.291. The van der Waals surface area contributed by atoms with E-state index in [0.717, 1.165) is 27.8 Å². The largest absolute Gasteiger partial charge is 0.367 e. The third-order valence-electron chi connectivity index (χ3n) is 5.88. The molecule has 0 aliphatic heterocycles. The molecule has 7 heteroatoms. The van der Waals surface area contributed by atoms with Crippen molar-refractivity contribution in [1.29, 1.82) is 0 Å². The fourth-order valence-electron chi connectivity index (χ4n) is 3.99. The van der Waals surface area contributed by atoms with Gasteiger partial charge in [0.2, 0.25) is 0 Å². The molecule has 0 amide bonds. The highest BCUT2D eigenvalue weighted by Crippen LogP contribution is 2.35. The monoisotopic (exact) mass is 488 g/mol. The highest BCUT2D eigenvalue weighted by atomic mass is 35.5. The molecule has 3 aromatic carbocycles. The van der Waals surface area contributed by atoms with E-state index in [1.54, 1.807) is 6.20 Å². The lowest BCUT2D eigenvalue weighted by molar-refractivity contribution is 0.650. The van der Waals surface area contributed by atoms with Gasteiger partial charge in [0.1, 0.15) is 0 Å². The van der Waals surface area contributed by atoms with Crippen LogP contribution in [0.3, 0.4) is 0 Å². The second-order valence-corrected chi connectivity index (χ2v) is 9.39. The Kier molecular flexibility index (Phi) is 5.98. The lowest BCUT2D eigenvalue weighted by Crippen LogP contribution is -2.23. The van der Waals surface area contributed by atoms with Crippen molar-refractivity contribution in [1.82, 2.24) is 19.4 Å². The summed E-state index contributed by atoms with van der Waals surface area (Å²) >= 11 is 12.2. The smallest absolute Gasteiger partial charge is 0.244 e. The first kappa shape index (κ1) is 22.4. The summed E-state index contributed by atoms with van der Waals surface area (Å²) in [5, 5.41) is 10.4. The molecule has 0 atom stereocenters. The molecule has 0 fully saturated rings. The van der Waals surface area contributed by atoms with Gasteiger partial charge < -0.3 is 0 Å². The molecule has 0 N–H and O–H groups in total. The van der Waals surface area contributed by atoms with E-state index in [4.69, 9.17) is 28.3 Å². The topological polar surface area (TPSA) is 52.2 Å². The van der Waals surface area contributed by atoms with Crippen molar-refractivity contribution in [3.05, 3.63) is 111 Å². The minimum Gasteiger partial charge on any atom is -0.244 e. The van der Waals surface area contributed by atoms with Gasteiger partial charge in [0, 0.05) is 21.2 Å². The molecule has 0 saturated heterocycles. The average Bonchev–Trinajstić information content (AvgIpc) is 3.15. The van der Waals surface area contributed by atoms with Crippen LogP contribution >= 0.6 is 23.2 Å². The first-order valence-electron chi connectivity index (χ1n) is 11.0. The van der Waals surface area contributed by atoms with E-state index in [2.05, 4.69) is 31.1 Å². The third-order valence-corrected chi connectivity index (χ3v) is 6.38. The van der Waals surface area contributed by atoms with Gasteiger partial charge in [-0.3, -0.25) is 0 Å². The third kappa shape index (κ3) is 4.25. The highest BCUT2D eigenvalue weighted by molar-refractivity contribution is 6.31. The molecule has 2 heterocycles. The predicted octanol–water partition coefficient (Wildman–Crippen LogP) is 6.70. The number of halogens is 2. The van der Waals surface area contributed by atoms with Crippen molar-refractivity contribution < 1.29 is 0 Å². The van der Waals surface area contributed by atoms with Crippen molar-refractivity contribution in [3.8, 4) is 22.3 Å². The van der Waals surface area contributed by atoms with Crippen LogP contribution in [-0.4, -0.2) is 19.4 Å². The summed E-state index contributed by atoms with van der Waals surface area (Å²) in [5.74, 6) is 0.449. The van der Waals surface area contributed by atoms with Gasteiger partial charge in [-0.25, -0.2) is 9.48 Å². The Balaban J connectivity index is 1.67. The van der Waals surface area contributed by atoms with Crippen molar-refractivity contribution in [2.24, 2.45) is 0 Å². The first-order valence-corrected chi connectivity index (χ1v) is 11.8. The normalized spacial score (nSPS) is 11.4. The number of nitrogens with zero attached hydrogens (tertiary/aromatic N) is 4. The summed E-state index contributed by atoms with van der Waals surface area (Å²) in [4.78, 5) is 13.2. The summed E-state index contributed by atoms with van der Waals surface area (Å²) in [6.45, 7) is 4.67. The van der Waals surface area contributed by atoms with Gasteiger partial charge >= 0.3 is 5.69 Å². The van der Waals surface area contributed by atoms with Crippen LogP contribution in [0.25, 0.3) is 27.9 Å². The summed E-state index contributed by atoms with van der Waals surface area (Å²) in [6.07, 6.45) is 1.70. The van der Waals surface area contributed by atoms with E-state index in [9.17, 15) is 4.79 Å². The Bertz CT molecular complexity index is 1520. The van der Waals surface area contributed by atoms with Gasteiger partial charge in [0.05, 0.1) is 12.7 Å². The maximum Gasteiger partial charge on any atom is 0.367 e. The Morgan fingerprint density at radius 3 is 2.00 bits per heavy atom. The molecular weight excluding hydrogens is 467 g/mol. The van der Waals surface area contributed by atoms with E-state index in [1.807, 2.05) is 60.7 Å². The van der Waals surface area contributed by atoms with E-state index in [-0.39, 0.29) is 5.69 Å². The van der Waals surface area contributed by atoms with Gasteiger partial charge in [0.25, 0.3) is 0 Å². The molecule has 5 aromatic rings. The van der Waals surface area contributed by atoms with E-state index in [1.165, 1.54) is 14.8 Å². The molecular formula is C27H22Cl2N4O. The standard InChI is InChI=1S/C27H22Cl2N4O/c1-17(2)19-5-3-18(4-6-19)16-32-27(34)33-26(31-32)25(21-9-13-23(29)14-10-21)24(15-30-33)20-7-11-22(28)12-8-20/h3-15,17H,16H2,1-2H3. The van der Waals surface area contributed by atoms with Gasteiger partial charge in [-0.2, -0.15) is 9.61 Å². The quantitative estimate of drug-likeness (QED) is 0.276. The van der Waals surface area contributed by atoms with Crippen LogP contribution in [0.5, 0.6) is 0 Å². The molecule has 0 spiro atoms. The maximum atomic E-state index is 13.2. The average molecular weight is 489 g/mol. The zero-order valence-corrected chi connectivity index (χ0v) is 20.3. The van der Waals surface area contributed by atoms with Crippen LogP contribution in [0.15, 0.2) is 83.8 Å². The van der Waals surface area contributed by atoms with E-state index >= 15 is 0 Å². The second-order valence-electron chi connectivity index (χ2n) is 8.52. The number of benzene rings is 3. The second kappa shape index (κ2) is 9.09. The molecule has 170 valence electrons. The van der Waals surface area contributed by atoms with Gasteiger partial charge in [-0.1, -0.05) is 85.6 Å². The molecule has 2 aromatic heterocycles. The van der Waals surface area contributed by atoms with Crippen molar-refractivity contribution in [3.63, 3.8) is 0 Å². The van der Waals surface area contributed by atoms with Crippen LogP contribution in [0.4, 0.5) is 0 Å². The van der Waals surface area contributed by atoms with Gasteiger partial charge in [0.15, 0.2) is 5.65 Å². The van der Waals surface area contributed by atoms with Crippen LogP contribution in [0.2, 0.25) is 10.0 Å². The van der Waals surface area contributed by atoms with Crippen LogP contribution in [-0.2, 0) is 6.54 Å². The highest BCUT2D eigenvalue weighted by Gasteiger charge is 2.19. The SMILES string of the molecule is CC(C)c1ccc(Cn2nc3c(-c4ccc(Cl)cc4)c(-c4ccc(Cl)cc4)cnn3c2=O)cc1. The fourth-order valence-corrected chi connectivity index (χ4v) is 4.25. The Hall–Kier alpha value is -3.41. The minimum absolute atomic E-state index is 0.291. The molecule has 0 radical (unpaired) electrons. The number of hydrogen-bond donors (Lipinski definition) is 0.